The molecule has 0 aliphatic carbocycles. The van der Waals surface area contributed by atoms with E-state index in [0.717, 1.165) is 0 Å². The Kier molecular flexibility index (Phi) is 5.79. The summed E-state index contributed by atoms with van der Waals surface area (Å²) in [7, 11) is 0. The van der Waals surface area contributed by atoms with Crippen LogP contribution >= 0.6 is 0 Å². The van der Waals surface area contributed by atoms with Gasteiger partial charge in [-0.1, -0.05) is 18.2 Å². The summed E-state index contributed by atoms with van der Waals surface area (Å²) >= 11 is 0. The third kappa shape index (κ3) is 4.89. The lowest BCUT2D eigenvalue weighted by Crippen LogP contribution is -2.34. The van der Waals surface area contributed by atoms with Crippen molar-refractivity contribution in [1.82, 2.24) is 5.32 Å². The number of nitrogens with one attached hydrogen (secondary N) is 1. The fraction of sp³-hybridized carbons (Fsp3) is 0.500. The number of amides is 1. The molecule has 0 bridgehead atoms. The first-order valence-electron chi connectivity index (χ1n) is 6.28. The molecule has 5 heteroatoms. The van der Waals surface area contributed by atoms with Gasteiger partial charge >= 0.3 is 0 Å². The van der Waals surface area contributed by atoms with Gasteiger partial charge in [-0.05, 0) is 19.9 Å². The van der Waals surface area contributed by atoms with Gasteiger partial charge in [0, 0.05) is 19.0 Å². The molecule has 0 fully saturated rings. The summed E-state index contributed by atoms with van der Waals surface area (Å²) in [4.78, 5) is 10.8. The van der Waals surface area contributed by atoms with Crippen LogP contribution in [0.2, 0.25) is 0 Å². The number of ether oxygens (including phenoxy) is 1. The predicted octanol–water partition coefficient (Wildman–Crippen LogP) is 1.00. The smallest absolute Gasteiger partial charge is 0.216 e. The van der Waals surface area contributed by atoms with Crippen LogP contribution in [0.3, 0.4) is 0 Å². The first-order valence-corrected chi connectivity index (χ1v) is 6.28. The van der Waals surface area contributed by atoms with Gasteiger partial charge in [-0.25, -0.2) is 0 Å². The minimum atomic E-state index is -1.11. The molecule has 0 spiro atoms. The van der Waals surface area contributed by atoms with Gasteiger partial charge in [-0.3, -0.25) is 4.79 Å². The van der Waals surface area contributed by atoms with Gasteiger partial charge in [0.25, 0.3) is 0 Å². The first-order chi connectivity index (χ1) is 8.91. The van der Waals surface area contributed by atoms with Gasteiger partial charge in [-0.2, -0.15) is 0 Å². The van der Waals surface area contributed by atoms with Crippen LogP contribution in [0.5, 0.6) is 5.75 Å². The zero-order valence-electron chi connectivity index (χ0n) is 11.5. The second-order valence-corrected chi connectivity index (χ2v) is 4.65. The van der Waals surface area contributed by atoms with E-state index in [2.05, 4.69) is 5.32 Å². The fourth-order valence-corrected chi connectivity index (χ4v) is 1.65. The molecule has 0 saturated carbocycles. The number of benzene rings is 1. The summed E-state index contributed by atoms with van der Waals surface area (Å²) < 4.78 is 5.58. The highest BCUT2D eigenvalue weighted by atomic mass is 16.5. The highest BCUT2D eigenvalue weighted by Crippen LogP contribution is 2.27. The summed E-state index contributed by atoms with van der Waals surface area (Å²) in [5, 5.41) is 22.4. The average Bonchev–Trinajstić information content (AvgIpc) is 2.35. The van der Waals surface area contributed by atoms with Crippen molar-refractivity contribution in [2.45, 2.75) is 39.1 Å². The van der Waals surface area contributed by atoms with E-state index in [0.29, 0.717) is 11.3 Å². The van der Waals surface area contributed by atoms with Crippen molar-refractivity contribution in [3.63, 3.8) is 0 Å². The quantitative estimate of drug-likeness (QED) is 0.718. The normalized spacial score (nSPS) is 14.0. The number of hydrogen-bond acceptors (Lipinski definition) is 4. The summed E-state index contributed by atoms with van der Waals surface area (Å²) in [5.74, 6) is 0.282. The van der Waals surface area contributed by atoms with Crippen LogP contribution in [-0.2, 0) is 4.79 Å². The van der Waals surface area contributed by atoms with Crippen LogP contribution in [-0.4, -0.2) is 34.9 Å². The Balaban J connectivity index is 2.80. The molecule has 3 N–H and O–H groups in total. The van der Waals surface area contributed by atoms with Crippen molar-refractivity contribution in [3.8, 4) is 5.75 Å². The lowest BCUT2D eigenvalue weighted by molar-refractivity contribution is -0.119. The van der Waals surface area contributed by atoms with Crippen molar-refractivity contribution in [1.29, 1.82) is 0 Å². The molecule has 2 atom stereocenters. The Hall–Kier alpha value is -1.59. The van der Waals surface area contributed by atoms with E-state index < -0.39 is 12.2 Å². The van der Waals surface area contributed by atoms with Crippen molar-refractivity contribution in [3.05, 3.63) is 29.8 Å². The van der Waals surface area contributed by atoms with Crippen LogP contribution in [0, 0.1) is 0 Å². The highest BCUT2D eigenvalue weighted by molar-refractivity contribution is 5.72. The molecule has 0 saturated heterocycles. The first kappa shape index (κ1) is 15.5. The Morgan fingerprint density at radius 1 is 1.32 bits per heavy atom. The van der Waals surface area contributed by atoms with Crippen LogP contribution < -0.4 is 10.1 Å². The van der Waals surface area contributed by atoms with Gasteiger partial charge in [0.1, 0.15) is 18.0 Å². The second-order valence-electron chi connectivity index (χ2n) is 4.65. The minimum Gasteiger partial charge on any atom is -0.491 e. The number of aliphatic hydroxyl groups excluding tert-OH is 2. The van der Waals surface area contributed by atoms with E-state index >= 15 is 0 Å². The van der Waals surface area contributed by atoms with E-state index in [1.807, 2.05) is 13.8 Å². The molecule has 1 aromatic carbocycles. The zero-order chi connectivity index (χ0) is 14.4. The van der Waals surface area contributed by atoms with Gasteiger partial charge in [0.05, 0.1) is 6.10 Å². The molecule has 2 unspecified atom stereocenters. The number of rotatable bonds is 6. The lowest BCUT2D eigenvalue weighted by Gasteiger charge is -2.22. The standard InChI is InChI=1S/C14H21NO4/c1-9(2)19-13-7-5-4-6-11(13)14(18)12(17)8-15-10(3)16/h4-7,9,12,14,17-18H,8H2,1-3H3,(H,15,16). The van der Waals surface area contributed by atoms with Gasteiger partial charge in [0.2, 0.25) is 5.91 Å². The third-order valence-corrected chi connectivity index (χ3v) is 2.52. The number of hydrogen-bond donors (Lipinski definition) is 3. The molecule has 0 aliphatic heterocycles. The monoisotopic (exact) mass is 267 g/mol. The van der Waals surface area contributed by atoms with Crippen LogP contribution in [0.1, 0.15) is 32.4 Å². The van der Waals surface area contributed by atoms with E-state index in [4.69, 9.17) is 4.74 Å². The zero-order valence-corrected chi connectivity index (χ0v) is 11.5. The van der Waals surface area contributed by atoms with Crippen molar-refractivity contribution < 1.29 is 19.7 Å². The highest BCUT2D eigenvalue weighted by Gasteiger charge is 2.22. The molecule has 0 aromatic heterocycles. The second kappa shape index (κ2) is 7.11. The van der Waals surface area contributed by atoms with E-state index in [9.17, 15) is 15.0 Å². The van der Waals surface area contributed by atoms with Crippen molar-refractivity contribution >= 4 is 5.91 Å². The topological polar surface area (TPSA) is 78.8 Å². The molecule has 0 heterocycles. The Morgan fingerprint density at radius 3 is 2.53 bits per heavy atom. The molecule has 5 nitrogen and oxygen atoms in total. The van der Waals surface area contributed by atoms with Crippen molar-refractivity contribution in [2.75, 3.05) is 6.54 Å². The molecule has 1 rings (SSSR count). The summed E-state index contributed by atoms with van der Waals surface area (Å²) in [5.41, 5.74) is 0.508. The Labute approximate surface area is 113 Å². The summed E-state index contributed by atoms with van der Waals surface area (Å²) in [6.45, 7) is 5.12. The third-order valence-electron chi connectivity index (χ3n) is 2.52. The predicted molar refractivity (Wildman–Crippen MR) is 71.9 cm³/mol. The number of carbonyl (C=O) groups is 1. The van der Waals surface area contributed by atoms with Gasteiger partial charge in [0.15, 0.2) is 0 Å². The Bertz CT molecular complexity index is 420. The lowest BCUT2D eigenvalue weighted by atomic mass is 10.0. The molecular formula is C14H21NO4. The Morgan fingerprint density at radius 2 is 1.95 bits per heavy atom. The molecule has 1 aromatic rings. The van der Waals surface area contributed by atoms with Gasteiger partial charge in [-0.15, -0.1) is 0 Å². The van der Waals surface area contributed by atoms with E-state index in [-0.39, 0.29) is 18.6 Å². The van der Waals surface area contributed by atoms with Crippen LogP contribution in [0.4, 0.5) is 0 Å². The summed E-state index contributed by atoms with van der Waals surface area (Å²) in [6.07, 6.45) is -2.22. The SMILES string of the molecule is CC(=O)NCC(O)C(O)c1ccccc1OC(C)C. The number of carbonyl (C=O) groups excluding carboxylic acids is 1. The molecule has 106 valence electrons. The largest absolute Gasteiger partial charge is 0.491 e. The number of aliphatic hydroxyl groups is 2. The maximum Gasteiger partial charge on any atom is 0.216 e. The van der Waals surface area contributed by atoms with E-state index in [1.54, 1.807) is 24.3 Å². The molecule has 19 heavy (non-hydrogen) atoms. The summed E-state index contributed by atoms with van der Waals surface area (Å²) in [6, 6.07) is 6.99. The maximum atomic E-state index is 10.8. The molecule has 0 radical (unpaired) electrons. The van der Waals surface area contributed by atoms with Crippen LogP contribution in [0.25, 0.3) is 0 Å². The fourth-order valence-electron chi connectivity index (χ4n) is 1.65. The average molecular weight is 267 g/mol. The van der Waals surface area contributed by atoms with Crippen LogP contribution in [0.15, 0.2) is 24.3 Å². The minimum absolute atomic E-state index is 0.00743. The maximum absolute atomic E-state index is 10.8. The molecular weight excluding hydrogens is 246 g/mol. The number of para-hydroxylation sites is 1. The van der Waals surface area contributed by atoms with Crippen molar-refractivity contribution in [2.24, 2.45) is 0 Å². The molecule has 0 aliphatic rings. The van der Waals surface area contributed by atoms with E-state index in [1.165, 1.54) is 6.92 Å². The molecule has 1 amide bonds. The van der Waals surface area contributed by atoms with Gasteiger partial charge < -0.3 is 20.3 Å².